The number of carbonyl (C=O) groups excluding carboxylic acids is 2. The fourth-order valence-electron chi connectivity index (χ4n) is 4.03. The van der Waals surface area contributed by atoms with Gasteiger partial charge in [0.1, 0.15) is 0 Å². The number of carbonyl (C=O) groups is 2. The van der Waals surface area contributed by atoms with Crippen molar-refractivity contribution in [2.24, 2.45) is 0 Å². The van der Waals surface area contributed by atoms with E-state index in [4.69, 9.17) is 9.47 Å². The van der Waals surface area contributed by atoms with Crippen molar-refractivity contribution in [2.45, 2.75) is 72.4 Å². The molecule has 0 spiro atoms. The first-order valence-corrected chi connectivity index (χ1v) is 15.7. The van der Waals surface area contributed by atoms with Crippen LogP contribution in [-0.4, -0.2) is 62.1 Å². The van der Waals surface area contributed by atoms with Crippen LogP contribution in [-0.2, 0) is 9.47 Å². The van der Waals surface area contributed by atoms with Gasteiger partial charge in [0.15, 0.2) is 0 Å². The van der Waals surface area contributed by atoms with Crippen LogP contribution < -0.4 is 0 Å². The molecule has 2 aliphatic carbocycles. The first-order valence-electron chi connectivity index (χ1n) is 10.8. The van der Waals surface area contributed by atoms with Crippen molar-refractivity contribution < 1.29 is 19.1 Å². The summed E-state index contributed by atoms with van der Waals surface area (Å²) in [5.41, 5.74) is 3.56. The van der Waals surface area contributed by atoms with E-state index in [2.05, 4.69) is 0 Å². The van der Waals surface area contributed by atoms with Gasteiger partial charge in [0.05, 0.1) is 0 Å². The van der Waals surface area contributed by atoms with E-state index >= 15 is 0 Å². The summed E-state index contributed by atoms with van der Waals surface area (Å²) in [5, 5.41) is 0. The third-order valence-electron chi connectivity index (χ3n) is 5.78. The van der Waals surface area contributed by atoms with Crippen LogP contribution in [0.4, 0.5) is 0 Å². The van der Waals surface area contributed by atoms with E-state index in [-0.39, 0.29) is 11.9 Å². The first-order chi connectivity index (χ1) is 14.6. The van der Waals surface area contributed by atoms with Gasteiger partial charge in [-0.1, -0.05) is 0 Å². The Labute approximate surface area is 210 Å². The summed E-state index contributed by atoms with van der Waals surface area (Å²) in [7, 11) is 0. The molecule has 0 aromatic heterocycles. The summed E-state index contributed by atoms with van der Waals surface area (Å²) in [6.45, 7) is 0. The molecule has 0 radical (unpaired) electrons. The van der Waals surface area contributed by atoms with Crippen LogP contribution in [0.2, 0.25) is 8.16 Å². The second kappa shape index (κ2) is 12.5. The number of esters is 2. The van der Waals surface area contributed by atoms with Crippen molar-refractivity contribution in [3.63, 3.8) is 0 Å². The number of allylic oxidation sites excluding steroid dienone is 4. The molecule has 0 unspecified atom stereocenters. The quantitative estimate of drug-likeness (QED) is 0.298. The van der Waals surface area contributed by atoms with Crippen molar-refractivity contribution in [2.75, 3.05) is 0 Å². The van der Waals surface area contributed by atoms with Crippen LogP contribution in [0.1, 0.15) is 84.9 Å². The van der Waals surface area contributed by atoms with Gasteiger partial charge in [-0.05, 0) is 0 Å². The number of hydrogen-bond donors (Lipinski definition) is 0. The van der Waals surface area contributed by atoms with Gasteiger partial charge in [-0.2, -0.15) is 0 Å². The molecule has 2 saturated carbocycles. The van der Waals surface area contributed by atoms with Gasteiger partial charge in [-0.15, -0.1) is 0 Å². The molecule has 0 atom stereocenters. The Balaban J connectivity index is 1.65. The van der Waals surface area contributed by atoms with Crippen LogP contribution in [0.3, 0.4) is 0 Å². The molecule has 0 bridgehead atoms. The van der Waals surface area contributed by atoms with Crippen molar-refractivity contribution in [3.8, 4) is 0 Å². The molecule has 30 heavy (non-hydrogen) atoms. The predicted molar refractivity (Wildman–Crippen MR) is 121 cm³/mol. The summed E-state index contributed by atoms with van der Waals surface area (Å²) >= 11 is 2.37. The normalized spacial score (nSPS) is 16.7. The molecular formula is C24H30O4Po2. The Morgan fingerprint density at radius 1 is 0.633 bits per heavy atom. The van der Waals surface area contributed by atoms with Crippen molar-refractivity contribution >= 4 is 62.1 Å². The standard InChI is InChI=1S/C24H28O4.2Po.2H/c1-17(19-9-5-3-6-10-19)27-23(25)21-13-15-22(16-14-21)24(26)28-18(2)20-11-7-4-8-12-20;;;;/h13-16H,1-12H2;;;;. The minimum absolute atomic E-state index is 0.336. The van der Waals surface area contributed by atoms with Gasteiger partial charge < -0.3 is 0 Å². The Kier molecular flexibility index (Phi) is 10.0. The van der Waals surface area contributed by atoms with Gasteiger partial charge in [0.25, 0.3) is 0 Å². The second-order valence-electron chi connectivity index (χ2n) is 7.85. The molecule has 6 heteroatoms. The number of benzene rings is 1. The number of rotatable bonds is 6. The van der Waals surface area contributed by atoms with E-state index < -0.39 is 0 Å². The molecule has 0 N–H and O–H groups in total. The van der Waals surface area contributed by atoms with E-state index in [1.165, 1.54) is 99.8 Å². The Hall–Kier alpha value is -0.568. The van der Waals surface area contributed by atoms with E-state index in [0.29, 0.717) is 11.1 Å². The molecule has 0 amide bonds. The molecule has 3 rings (SSSR count). The maximum absolute atomic E-state index is 12.6. The van der Waals surface area contributed by atoms with Crippen LogP contribution in [0.25, 0.3) is 0 Å². The van der Waals surface area contributed by atoms with Gasteiger partial charge in [-0.3, -0.25) is 0 Å². The molecule has 1 aromatic carbocycles. The molecule has 0 saturated heterocycles. The molecule has 2 aliphatic rings. The van der Waals surface area contributed by atoms with Gasteiger partial charge >= 0.3 is 212 Å². The summed E-state index contributed by atoms with van der Waals surface area (Å²) in [4.78, 5) is 25.2. The molecular weight excluding hydrogens is 770 g/mol. The fourth-order valence-corrected chi connectivity index (χ4v) is 6.27. The third kappa shape index (κ3) is 6.71. The number of ether oxygens (including phenoxy) is 2. The van der Waals surface area contributed by atoms with E-state index in [0.717, 1.165) is 45.4 Å². The zero-order valence-corrected chi connectivity index (χ0v) is 24.3. The molecule has 2 fully saturated rings. The average Bonchev–Trinajstić information content (AvgIpc) is 2.81. The van der Waals surface area contributed by atoms with E-state index in [1.807, 2.05) is 0 Å². The topological polar surface area (TPSA) is 52.6 Å². The zero-order chi connectivity index (χ0) is 21.3. The minimum atomic E-state index is -0.336. The SMILES string of the molecule is O=C(OC([CH2][PoH])=C1CCCCC1)c1ccc(C(=O)OC([CH2][PoH])=C2CCCCC2)cc1. The molecule has 4 nitrogen and oxygen atoms in total. The van der Waals surface area contributed by atoms with Crippen LogP contribution in [0.15, 0.2) is 46.9 Å². The van der Waals surface area contributed by atoms with Crippen LogP contribution in [0.5, 0.6) is 0 Å². The van der Waals surface area contributed by atoms with Gasteiger partial charge in [0.2, 0.25) is 0 Å². The van der Waals surface area contributed by atoms with Crippen LogP contribution in [0, 0.1) is 0 Å². The summed E-state index contributed by atoms with van der Waals surface area (Å²) in [6.07, 6.45) is 11.4. The van der Waals surface area contributed by atoms with Gasteiger partial charge in [0, 0.05) is 0 Å². The van der Waals surface area contributed by atoms with Crippen molar-refractivity contribution in [1.82, 2.24) is 0 Å². The third-order valence-corrected chi connectivity index (χ3v) is 8.01. The summed E-state index contributed by atoms with van der Waals surface area (Å²) in [6, 6.07) is 6.66. The predicted octanol–water partition coefficient (Wildman–Crippen LogP) is 5.07. The molecule has 162 valence electrons. The number of hydrogen-bond acceptors (Lipinski definition) is 4. The van der Waals surface area contributed by atoms with Crippen LogP contribution >= 0.6 is 0 Å². The Morgan fingerprint density at radius 3 is 1.27 bits per heavy atom. The Morgan fingerprint density at radius 2 is 0.967 bits per heavy atom. The van der Waals surface area contributed by atoms with E-state index in [1.54, 1.807) is 24.3 Å². The summed E-state index contributed by atoms with van der Waals surface area (Å²) < 4.78 is 13.1. The molecule has 1 aromatic rings. The Bertz CT molecular complexity index is 739. The maximum atomic E-state index is 12.6. The average molecular weight is 801 g/mol. The van der Waals surface area contributed by atoms with Gasteiger partial charge in [-0.25, -0.2) is 0 Å². The van der Waals surface area contributed by atoms with Crippen molar-refractivity contribution in [1.29, 1.82) is 0 Å². The van der Waals surface area contributed by atoms with Crippen molar-refractivity contribution in [3.05, 3.63) is 58.1 Å². The van der Waals surface area contributed by atoms with E-state index in [9.17, 15) is 9.59 Å². The first kappa shape index (κ1) is 24.1. The summed E-state index contributed by atoms with van der Waals surface area (Å²) in [5.74, 6) is 1.06. The second-order valence-corrected chi connectivity index (χ2v) is 10.3. The fraction of sp³-hybridized carbons (Fsp3) is 0.500. The zero-order valence-electron chi connectivity index (χ0n) is 17.3. The monoisotopic (exact) mass is 800 g/mol. The molecule has 0 aliphatic heterocycles. The molecule has 0 heterocycles.